The van der Waals surface area contributed by atoms with Crippen molar-refractivity contribution in [2.45, 2.75) is 19.5 Å². The van der Waals surface area contributed by atoms with Gasteiger partial charge < -0.3 is 19.4 Å². The summed E-state index contributed by atoms with van der Waals surface area (Å²) < 4.78 is 11.5. The number of hydrogen-bond donors (Lipinski definition) is 1. The Bertz CT molecular complexity index is 721. The third kappa shape index (κ3) is 5.58. The molecule has 146 valence electrons. The van der Waals surface area contributed by atoms with Crippen molar-refractivity contribution in [3.05, 3.63) is 59.5 Å². The van der Waals surface area contributed by atoms with Gasteiger partial charge in [-0.2, -0.15) is 0 Å². The minimum absolute atomic E-state index is 0.157. The summed E-state index contributed by atoms with van der Waals surface area (Å²) in [5.41, 5.74) is 1.20. The molecular formula is C21H30N4O2. The first-order valence-corrected chi connectivity index (χ1v) is 9.51. The van der Waals surface area contributed by atoms with E-state index >= 15 is 0 Å². The van der Waals surface area contributed by atoms with E-state index in [2.05, 4.69) is 28.4 Å². The third-order valence-corrected chi connectivity index (χ3v) is 4.71. The minimum atomic E-state index is 0.157. The van der Waals surface area contributed by atoms with E-state index in [1.165, 1.54) is 5.56 Å². The Balaban J connectivity index is 1.69. The van der Waals surface area contributed by atoms with Gasteiger partial charge in [0.1, 0.15) is 11.5 Å². The van der Waals surface area contributed by atoms with Crippen LogP contribution in [0.4, 0.5) is 0 Å². The molecule has 1 aromatic heterocycles. The maximum absolute atomic E-state index is 5.94. The lowest BCUT2D eigenvalue weighted by Gasteiger charge is -2.34. The summed E-state index contributed by atoms with van der Waals surface area (Å²) in [6.07, 6.45) is 0. The molecule has 0 amide bonds. The second-order valence-electron chi connectivity index (χ2n) is 7.01. The largest absolute Gasteiger partial charge is 0.465 e. The van der Waals surface area contributed by atoms with Crippen LogP contribution in [0.15, 0.2) is 51.9 Å². The first-order valence-electron chi connectivity index (χ1n) is 9.51. The molecule has 1 saturated heterocycles. The highest BCUT2D eigenvalue weighted by molar-refractivity contribution is 5.79. The molecule has 0 spiro atoms. The fourth-order valence-corrected chi connectivity index (χ4v) is 3.22. The number of benzene rings is 1. The number of rotatable bonds is 6. The van der Waals surface area contributed by atoms with Gasteiger partial charge in [-0.3, -0.25) is 4.90 Å². The second-order valence-corrected chi connectivity index (χ2v) is 7.01. The van der Waals surface area contributed by atoms with Gasteiger partial charge in [0, 0.05) is 33.7 Å². The first-order chi connectivity index (χ1) is 13.1. The molecule has 0 saturated carbocycles. The molecule has 6 heteroatoms. The van der Waals surface area contributed by atoms with Crippen molar-refractivity contribution < 1.29 is 9.15 Å². The van der Waals surface area contributed by atoms with Crippen molar-refractivity contribution >= 4 is 5.96 Å². The SMILES string of the molecule is Cc1ccc(C(CNC(=NCc2ccccc2)N(C)C)N2CCOCC2)o1. The van der Waals surface area contributed by atoms with E-state index < -0.39 is 0 Å². The Morgan fingerprint density at radius 3 is 2.52 bits per heavy atom. The molecule has 0 radical (unpaired) electrons. The third-order valence-electron chi connectivity index (χ3n) is 4.71. The highest BCUT2D eigenvalue weighted by Gasteiger charge is 2.25. The molecule has 1 aliphatic rings. The van der Waals surface area contributed by atoms with Gasteiger partial charge >= 0.3 is 0 Å². The molecule has 1 unspecified atom stereocenters. The van der Waals surface area contributed by atoms with Crippen LogP contribution in [0.25, 0.3) is 0 Å². The summed E-state index contributed by atoms with van der Waals surface area (Å²) in [6.45, 7) is 6.72. The van der Waals surface area contributed by atoms with Gasteiger partial charge in [-0.25, -0.2) is 4.99 Å². The molecule has 1 aromatic carbocycles. The number of nitrogens with one attached hydrogen (secondary N) is 1. The molecule has 0 bridgehead atoms. The average Bonchev–Trinajstić information content (AvgIpc) is 3.12. The highest BCUT2D eigenvalue weighted by Crippen LogP contribution is 2.23. The Labute approximate surface area is 161 Å². The van der Waals surface area contributed by atoms with Crippen LogP contribution in [0.5, 0.6) is 0 Å². The van der Waals surface area contributed by atoms with E-state index in [-0.39, 0.29) is 6.04 Å². The highest BCUT2D eigenvalue weighted by atomic mass is 16.5. The summed E-state index contributed by atoms with van der Waals surface area (Å²) in [6, 6.07) is 14.6. The maximum atomic E-state index is 5.94. The summed E-state index contributed by atoms with van der Waals surface area (Å²) >= 11 is 0. The van der Waals surface area contributed by atoms with Crippen molar-refractivity contribution in [2.75, 3.05) is 46.9 Å². The van der Waals surface area contributed by atoms with Crippen molar-refractivity contribution in [3.8, 4) is 0 Å². The molecule has 2 aromatic rings. The summed E-state index contributed by atoms with van der Waals surface area (Å²) in [4.78, 5) is 9.20. The zero-order valence-corrected chi connectivity index (χ0v) is 16.5. The quantitative estimate of drug-likeness (QED) is 0.626. The predicted octanol–water partition coefficient (Wildman–Crippen LogP) is 2.67. The Kier molecular flexibility index (Phi) is 6.90. The van der Waals surface area contributed by atoms with Crippen LogP contribution >= 0.6 is 0 Å². The monoisotopic (exact) mass is 370 g/mol. The van der Waals surface area contributed by atoms with Gasteiger partial charge in [0.05, 0.1) is 25.8 Å². The number of morpholine rings is 1. The number of furan rings is 1. The Morgan fingerprint density at radius 2 is 1.89 bits per heavy atom. The van der Waals surface area contributed by atoms with Gasteiger partial charge in [0.25, 0.3) is 0 Å². The molecule has 6 nitrogen and oxygen atoms in total. The van der Waals surface area contributed by atoms with Crippen LogP contribution < -0.4 is 5.32 Å². The lowest BCUT2D eigenvalue weighted by atomic mass is 10.1. The van der Waals surface area contributed by atoms with Gasteiger partial charge in [-0.05, 0) is 24.6 Å². The standard InChI is InChI=1S/C21H30N4O2/c1-17-9-10-20(27-17)19(25-11-13-26-14-12-25)16-23-21(24(2)3)22-15-18-7-5-4-6-8-18/h4-10,19H,11-16H2,1-3H3,(H,22,23). The molecule has 1 atom stereocenters. The van der Waals surface area contributed by atoms with Gasteiger partial charge in [0.2, 0.25) is 0 Å². The molecule has 0 aliphatic carbocycles. The first kappa shape index (κ1) is 19.5. The molecule has 27 heavy (non-hydrogen) atoms. The van der Waals surface area contributed by atoms with Crippen LogP contribution in [-0.2, 0) is 11.3 Å². The molecule has 3 rings (SSSR count). The van der Waals surface area contributed by atoms with Gasteiger partial charge in [-0.1, -0.05) is 30.3 Å². The predicted molar refractivity (Wildman–Crippen MR) is 108 cm³/mol. The lowest BCUT2D eigenvalue weighted by molar-refractivity contribution is 0.0124. The smallest absolute Gasteiger partial charge is 0.193 e. The van der Waals surface area contributed by atoms with E-state index in [4.69, 9.17) is 14.1 Å². The van der Waals surface area contributed by atoms with Crippen molar-refractivity contribution in [2.24, 2.45) is 4.99 Å². The van der Waals surface area contributed by atoms with E-state index in [0.717, 1.165) is 50.3 Å². The lowest BCUT2D eigenvalue weighted by Crippen LogP contribution is -2.46. The van der Waals surface area contributed by atoms with Crippen LogP contribution in [0.2, 0.25) is 0 Å². The molecule has 1 fully saturated rings. The van der Waals surface area contributed by atoms with Crippen LogP contribution in [0.3, 0.4) is 0 Å². The number of ether oxygens (including phenoxy) is 1. The van der Waals surface area contributed by atoms with Crippen LogP contribution in [0.1, 0.15) is 23.1 Å². The molecular weight excluding hydrogens is 340 g/mol. The fraction of sp³-hybridized carbons (Fsp3) is 0.476. The Hall–Kier alpha value is -2.31. The zero-order valence-electron chi connectivity index (χ0n) is 16.5. The van der Waals surface area contributed by atoms with Crippen LogP contribution in [-0.4, -0.2) is 62.7 Å². The Morgan fingerprint density at radius 1 is 1.15 bits per heavy atom. The second kappa shape index (κ2) is 9.58. The van der Waals surface area contributed by atoms with Crippen molar-refractivity contribution in [3.63, 3.8) is 0 Å². The van der Waals surface area contributed by atoms with Gasteiger partial charge in [-0.15, -0.1) is 0 Å². The fourth-order valence-electron chi connectivity index (χ4n) is 3.22. The number of aryl methyl sites for hydroxylation is 1. The molecule has 2 heterocycles. The van der Waals surface area contributed by atoms with E-state index in [9.17, 15) is 0 Å². The van der Waals surface area contributed by atoms with Gasteiger partial charge in [0.15, 0.2) is 5.96 Å². The van der Waals surface area contributed by atoms with E-state index in [0.29, 0.717) is 6.54 Å². The minimum Gasteiger partial charge on any atom is -0.465 e. The van der Waals surface area contributed by atoms with E-state index in [1.807, 2.05) is 50.2 Å². The van der Waals surface area contributed by atoms with Crippen molar-refractivity contribution in [1.29, 1.82) is 0 Å². The normalized spacial score (nSPS) is 16.9. The zero-order chi connectivity index (χ0) is 19.1. The topological polar surface area (TPSA) is 53.2 Å². The van der Waals surface area contributed by atoms with Crippen LogP contribution in [0, 0.1) is 6.92 Å². The summed E-state index contributed by atoms with van der Waals surface area (Å²) in [5, 5.41) is 3.53. The summed E-state index contributed by atoms with van der Waals surface area (Å²) in [7, 11) is 4.02. The van der Waals surface area contributed by atoms with Crippen molar-refractivity contribution in [1.82, 2.24) is 15.1 Å². The van der Waals surface area contributed by atoms with E-state index in [1.54, 1.807) is 0 Å². The maximum Gasteiger partial charge on any atom is 0.193 e. The average molecular weight is 370 g/mol. The molecule has 1 aliphatic heterocycles. The number of hydrogen-bond acceptors (Lipinski definition) is 4. The number of guanidine groups is 1. The number of nitrogens with zero attached hydrogens (tertiary/aromatic N) is 3. The molecule has 1 N–H and O–H groups in total. The summed E-state index contributed by atoms with van der Waals surface area (Å²) in [5.74, 6) is 2.80. The number of aliphatic imine (C=N–C) groups is 1.